The van der Waals surface area contributed by atoms with Crippen molar-refractivity contribution in [1.29, 1.82) is 0 Å². The molecule has 54 heavy (non-hydrogen) atoms. The molecular formula is C49H92O5. The molecule has 0 bridgehead atoms. The number of hydrogen-bond acceptors (Lipinski definition) is 5. The number of allylic oxidation sites excluding steroid dienone is 4. The Labute approximate surface area is 336 Å². The predicted molar refractivity (Wildman–Crippen MR) is 233 cm³/mol. The molecule has 1 N–H and O–H groups in total. The lowest BCUT2D eigenvalue weighted by Gasteiger charge is -2.12. The first-order chi connectivity index (χ1) is 26.6. The molecule has 318 valence electrons. The van der Waals surface area contributed by atoms with Crippen LogP contribution in [0.3, 0.4) is 0 Å². The molecule has 0 aromatic carbocycles. The molecule has 0 spiro atoms. The van der Waals surface area contributed by atoms with Gasteiger partial charge in [-0.3, -0.25) is 9.59 Å². The van der Waals surface area contributed by atoms with Crippen LogP contribution in [0.2, 0.25) is 0 Å². The van der Waals surface area contributed by atoms with Crippen LogP contribution in [0, 0.1) is 0 Å². The Morgan fingerprint density at radius 3 is 0.981 bits per heavy atom. The van der Waals surface area contributed by atoms with Gasteiger partial charge in [-0.2, -0.15) is 0 Å². The number of carbonyl (C=O) groups is 2. The summed E-state index contributed by atoms with van der Waals surface area (Å²) >= 11 is 0. The van der Waals surface area contributed by atoms with Crippen molar-refractivity contribution in [2.75, 3.05) is 13.2 Å². The van der Waals surface area contributed by atoms with Crippen molar-refractivity contribution >= 4 is 11.9 Å². The number of carbonyl (C=O) groups excluding carboxylic acids is 2. The lowest BCUT2D eigenvalue weighted by atomic mass is 10.0. The van der Waals surface area contributed by atoms with Gasteiger partial charge in [-0.25, -0.2) is 0 Å². The molecule has 0 aromatic heterocycles. The molecule has 1 atom stereocenters. The van der Waals surface area contributed by atoms with Crippen LogP contribution in [-0.2, 0) is 19.1 Å². The molecule has 0 saturated carbocycles. The summed E-state index contributed by atoms with van der Waals surface area (Å²) in [5.74, 6) is -0.556. The second-order valence-corrected chi connectivity index (χ2v) is 16.2. The molecule has 0 heterocycles. The van der Waals surface area contributed by atoms with Gasteiger partial charge in [0.1, 0.15) is 19.3 Å². The molecule has 0 aromatic rings. The van der Waals surface area contributed by atoms with Crippen LogP contribution in [-0.4, -0.2) is 36.4 Å². The summed E-state index contributed by atoms with van der Waals surface area (Å²) in [6.45, 7) is 4.31. The van der Waals surface area contributed by atoms with Crippen molar-refractivity contribution < 1.29 is 24.2 Å². The zero-order valence-corrected chi connectivity index (χ0v) is 36.3. The number of ether oxygens (including phenoxy) is 2. The number of esters is 2. The van der Waals surface area contributed by atoms with Gasteiger partial charge >= 0.3 is 11.9 Å². The fourth-order valence-corrected chi connectivity index (χ4v) is 7.06. The average Bonchev–Trinajstić information content (AvgIpc) is 3.17. The summed E-state index contributed by atoms with van der Waals surface area (Å²) in [5, 5.41) is 10.1. The third-order valence-corrected chi connectivity index (χ3v) is 10.7. The van der Waals surface area contributed by atoms with E-state index in [1.54, 1.807) is 0 Å². The van der Waals surface area contributed by atoms with Crippen molar-refractivity contribution in [3.63, 3.8) is 0 Å². The first kappa shape index (κ1) is 52.4. The van der Waals surface area contributed by atoms with Gasteiger partial charge in [-0.1, -0.05) is 224 Å². The fourth-order valence-electron chi connectivity index (χ4n) is 7.06. The smallest absolute Gasteiger partial charge is 0.305 e. The summed E-state index contributed by atoms with van der Waals surface area (Å²) in [6, 6.07) is 0. The zero-order chi connectivity index (χ0) is 39.3. The Bertz CT molecular complexity index is 821. The van der Waals surface area contributed by atoms with Gasteiger partial charge in [0, 0.05) is 12.8 Å². The molecule has 5 heteroatoms. The fraction of sp³-hybridized carbons (Fsp3) is 0.878. The summed E-state index contributed by atoms with van der Waals surface area (Å²) in [6.07, 6.45) is 55.4. The van der Waals surface area contributed by atoms with E-state index in [-0.39, 0.29) is 25.2 Å². The van der Waals surface area contributed by atoms with Crippen LogP contribution in [0.4, 0.5) is 0 Å². The molecule has 0 radical (unpaired) electrons. The maximum atomic E-state index is 12.0. The highest BCUT2D eigenvalue weighted by atomic mass is 16.6. The van der Waals surface area contributed by atoms with E-state index in [2.05, 4.69) is 38.2 Å². The molecule has 0 amide bonds. The van der Waals surface area contributed by atoms with E-state index >= 15 is 0 Å². The second-order valence-electron chi connectivity index (χ2n) is 16.2. The van der Waals surface area contributed by atoms with Crippen molar-refractivity contribution in [2.45, 2.75) is 264 Å². The number of aliphatic hydroxyl groups is 1. The summed E-state index contributed by atoms with van der Waals surface area (Å²) < 4.78 is 10.4. The van der Waals surface area contributed by atoms with Crippen LogP contribution in [0.5, 0.6) is 0 Å². The molecule has 0 aliphatic carbocycles. The number of unbranched alkanes of at least 4 members (excludes halogenated alkanes) is 32. The Balaban J connectivity index is 3.37. The lowest BCUT2D eigenvalue weighted by Crippen LogP contribution is -2.25. The first-order valence-electron chi connectivity index (χ1n) is 23.9. The van der Waals surface area contributed by atoms with Gasteiger partial charge < -0.3 is 14.6 Å². The number of rotatable bonds is 44. The van der Waals surface area contributed by atoms with Gasteiger partial charge in [0.2, 0.25) is 0 Å². The molecule has 0 saturated heterocycles. The van der Waals surface area contributed by atoms with Crippen LogP contribution < -0.4 is 0 Å². The van der Waals surface area contributed by atoms with Crippen molar-refractivity contribution in [2.24, 2.45) is 0 Å². The van der Waals surface area contributed by atoms with Crippen LogP contribution >= 0.6 is 0 Å². The highest BCUT2D eigenvalue weighted by Crippen LogP contribution is 2.16. The minimum absolute atomic E-state index is 0.112. The molecule has 0 unspecified atom stereocenters. The van der Waals surface area contributed by atoms with Crippen molar-refractivity contribution in [3.8, 4) is 0 Å². The van der Waals surface area contributed by atoms with Gasteiger partial charge in [0.15, 0.2) is 0 Å². The van der Waals surface area contributed by atoms with E-state index in [1.165, 1.54) is 193 Å². The summed E-state index contributed by atoms with van der Waals surface area (Å²) in [4.78, 5) is 24.1. The topological polar surface area (TPSA) is 72.8 Å². The Hall–Kier alpha value is -1.62. The minimum Gasteiger partial charge on any atom is -0.463 e. The Morgan fingerprint density at radius 1 is 0.389 bits per heavy atom. The lowest BCUT2D eigenvalue weighted by molar-refractivity contribution is -0.152. The summed E-state index contributed by atoms with van der Waals surface area (Å²) in [7, 11) is 0. The van der Waals surface area contributed by atoms with E-state index in [0.29, 0.717) is 12.8 Å². The van der Waals surface area contributed by atoms with Gasteiger partial charge in [-0.05, 0) is 44.9 Å². The third-order valence-electron chi connectivity index (χ3n) is 10.7. The van der Waals surface area contributed by atoms with Gasteiger partial charge in [-0.15, -0.1) is 0 Å². The van der Waals surface area contributed by atoms with Crippen LogP contribution in [0.1, 0.15) is 258 Å². The standard InChI is InChI=1S/C49H92O5/c1-3-5-7-9-11-13-15-17-19-21-23-24-26-28-30-32-34-36-38-40-42-44-49(52)54-46-47(50)45-53-48(51)43-41-39-37-35-33-31-29-27-25-22-20-18-16-14-12-10-8-6-4-2/h12,14,18,20,47,50H,3-11,13,15-17,19,21-46H2,1-2H3/b14-12-,20-18-/t47-/m0/s1. The van der Waals surface area contributed by atoms with Crippen molar-refractivity contribution in [3.05, 3.63) is 24.3 Å². The van der Waals surface area contributed by atoms with Gasteiger partial charge in [0.05, 0.1) is 0 Å². The highest BCUT2D eigenvalue weighted by molar-refractivity contribution is 5.69. The molecule has 0 aliphatic heterocycles. The van der Waals surface area contributed by atoms with Crippen LogP contribution in [0.15, 0.2) is 24.3 Å². The molecule has 0 rings (SSSR count). The maximum Gasteiger partial charge on any atom is 0.305 e. The second kappa shape index (κ2) is 45.8. The minimum atomic E-state index is -0.962. The third kappa shape index (κ3) is 44.8. The predicted octanol–water partition coefficient (Wildman–Crippen LogP) is 15.4. The molecule has 5 nitrogen and oxygen atoms in total. The van der Waals surface area contributed by atoms with E-state index in [4.69, 9.17) is 9.47 Å². The Morgan fingerprint density at radius 2 is 0.648 bits per heavy atom. The number of hydrogen-bond donors (Lipinski definition) is 1. The maximum absolute atomic E-state index is 12.0. The van der Waals surface area contributed by atoms with Crippen molar-refractivity contribution in [1.82, 2.24) is 0 Å². The largest absolute Gasteiger partial charge is 0.463 e. The number of aliphatic hydroxyl groups excluding tert-OH is 1. The quantitative estimate of drug-likeness (QED) is 0.0380. The normalized spacial score (nSPS) is 12.3. The van der Waals surface area contributed by atoms with Gasteiger partial charge in [0.25, 0.3) is 0 Å². The first-order valence-corrected chi connectivity index (χ1v) is 23.9. The molecule has 0 aliphatic rings. The monoisotopic (exact) mass is 761 g/mol. The zero-order valence-electron chi connectivity index (χ0n) is 36.3. The van der Waals surface area contributed by atoms with E-state index in [9.17, 15) is 14.7 Å². The van der Waals surface area contributed by atoms with Crippen LogP contribution in [0.25, 0.3) is 0 Å². The van der Waals surface area contributed by atoms with E-state index in [0.717, 1.165) is 38.5 Å². The van der Waals surface area contributed by atoms with E-state index in [1.807, 2.05) is 0 Å². The SMILES string of the molecule is CCCCC/C=C\C/C=C\CCCCCCCCCCCC(=O)OC[C@H](O)COC(=O)CCCCCCCCCCCCCCCCCCCCCCC. The highest BCUT2D eigenvalue weighted by Gasteiger charge is 2.12. The summed E-state index contributed by atoms with van der Waals surface area (Å²) in [5.41, 5.74) is 0. The molecule has 0 fully saturated rings. The molecular weight excluding hydrogens is 669 g/mol. The van der Waals surface area contributed by atoms with E-state index < -0.39 is 6.10 Å². The average molecular weight is 761 g/mol. The Kier molecular flexibility index (Phi) is 44.4.